The Balaban J connectivity index is 1.91. The number of nitrogens with one attached hydrogen (secondary N) is 1. The summed E-state index contributed by atoms with van der Waals surface area (Å²) in [6.07, 6.45) is -0.653. The number of halogens is 1. The molecule has 0 fully saturated rings. The van der Waals surface area contributed by atoms with Crippen molar-refractivity contribution in [2.45, 2.75) is 19.1 Å². The lowest BCUT2D eigenvalue weighted by atomic mass is 10.1. The third-order valence-corrected chi connectivity index (χ3v) is 3.37. The number of rotatable bonds is 6. The summed E-state index contributed by atoms with van der Waals surface area (Å²) >= 11 is 5.87. The highest BCUT2D eigenvalue weighted by atomic mass is 35.5. The molecule has 0 heterocycles. The number of alkyl carbamates (subject to hydrolysis) is 1. The average molecular weight is 334 g/mol. The van der Waals surface area contributed by atoms with Crippen molar-refractivity contribution in [3.05, 3.63) is 70.7 Å². The molecule has 23 heavy (non-hydrogen) atoms. The van der Waals surface area contributed by atoms with Crippen LogP contribution in [0, 0.1) is 0 Å². The van der Waals surface area contributed by atoms with Crippen molar-refractivity contribution < 1.29 is 19.4 Å². The van der Waals surface area contributed by atoms with Crippen molar-refractivity contribution in [1.29, 1.82) is 0 Å². The van der Waals surface area contributed by atoms with Crippen LogP contribution >= 0.6 is 11.6 Å². The van der Waals surface area contributed by atoms with Crippen LogP contribution in [0.4, 0.5) is 4.79 Å². The summed E-state index contributed by atoms with van der Waals surface area (Å²) in [7, 11) is 0. The van der Waals surface area contributed by atoms with Gasteiger partial charge in [0.1, 0.15) is 12.6 Å². The highest BCUT2D eigenvalue weighted by molar-refractivity contribution is 6.30. The number of ether oxygens (including phenoxy) is 1. The van der Waals surface area contributed by atoms with E-state index in [1.54, 1.807) is 24.3 Å². The number of hydrogen-bond donors (Lipinski definition) is 2. The maximum Gasteiger partial charge on any atom is 0.408 e. The van der Waals surface area contributed by atoms with Gasteiger partial charge in [0.2, 0.25) is 0 Å². The van der Waals surface area contributed by atoms with E-state index < -0.39 is 18.1 Å². The van der Waals surface area contributed by atoms with Gasteiger partial charge < -0.3 is 15.2 Å². The SMILES string of the molecule is O=C(N[C@H](Cc1cccc(Cl)c1)C(=O)O)OCc1ccccc1. The van der Waals surface area contributed by atoms with E-state index in [0.29, 0.717) is 10.6 Å². The van der Waals surface area contributed by atoms with Gasteiger partial charge in [0, 0.05) is 11.4 Å². The molecular weight excluding hydrogens is 318 g/mol. The quantitative estimate of drug-likeness (QED) is 0.850. The Labute approximate surface area is 138 Å². The normalized spacial score (nSPS) is 11.5. The van der Waals surface area contributed by atoms with Crippen molar-refractivity contribution in [3.63, 3.8) is 0 Å². The van der Waals surface area contributed by atoms with E-state index in [1.165, 1.54) is 0 Å². The molecule has 0 spiro atoms. The number of carboxylic acids is 1. The van der Waals surface area contributed by atoms with Crippen molar-refractivity contribution in [2.75, 3.05) is 0 Å². The highest BCUT2D eigenvalue weighted by Gasteiger charge is 2.21. The lowest BCUT2D eigenvalue weighted by Gasteiger charge is -2.15. The topological polar surface area (TPSA) is 75.6 Å². The van der Waals surface area contributed by atoms with Gasteiger partial charge in [0.25, 0.3) is 0 Å². The fourth-order valence-corrected chi connectivity index (χ4v) is 2.22. The first-order valence-corrected chi connectivity index (χ1v) is 7.37. The molecule has 0 aliphatic heterocycles. The Morgan fingerprint density at radius 1 is 1.09 bits per heavy atom. The molecule has 0 bridgehead atoms. The van der Waals surface area contributed by atoms with Gasteiger partial charge in [-0.15, -0.1) is 0 Å². The minimum atomic E-state index is -1.14. The highest BCUT2D eigenvalue weighted by Crippen LogP contribution is 2.12. The molecule has 0 saturated carbocycles. The zero-order valence-corrected chi connectivity index (χ0v) is 13.0. The lowest BCUT2D eigenvalue weighted by Crippen LogP contribution is -2.42. The fraction of sp³-hybridized carbons (Fsp3) is 0.176. The van der Waals surface area contributed by atoms with Crippen LogP contribution < -0.4 is 5.32 Å². The van der Waals surface area contributed by atoms with Crippen molar-refractivity contribution >= 4 is 23.7 Å². The predicted octanol–water partition coefficient (Wildman–Crippen LogP) is 3.26. The zero-order chi connectivity index (χ0) is 16.7. The van der Waals surface area contributed by atoms with Crippen molar-refractivity contribution in [2.24, 2.45) is 0 Å². The van der Waals surface area contributed by atoms with Gasteiger partial charge in [-0.1, -0.05) is 54.1 Å². The number of amides is 1. The Kier molecular flexibility index (Phi) is 6.00. The largest absolute Gasteiger partial charge is 0.480 e. The van der Waals surface area contributed by atoms with E-state index in [4.69, 9.17) is 16.3 Å². The van der Waals surface area contributed by atoms with Crippen LogP contribution in [-0.2, 0) is 22.6 Å². The van der Waals surface area contributed by atoms with Crippen LogP contribution in [0.3, 0.4) is 0 Å². The second kappa shape index (κ2) is 8.19. The molecule has 2 aromatic rings. The summed E-state index contributed by atoms with van der Waals surface area (Å²) < 4.78 is 5.03. The molecular formula is C17H16ClNO4. The van der Waals surface area contributed by atoms with Gasteiger partial charge >= 0.3 is 12.1 Å². The third kappa shape index (κ3) is 5.64. The monoisotopic (exact) mass is 333 g/mol. The molecule has 1 amide bonds. The lowest BCUT2D eigenvalue weighted by molar-refractivity contribution is -0.139. The summed E-state index contributed by atoms with van der Waals surface area (Å²) in [5, 5.41) is 12.1. The van der Waals surface area contributed by atoms with E-state index in [1.807, 2.05) is 30.3 Å². The summed E-state index contributed by atoms with van der Waals surface area (Å²) in [5.74, 6) is -1.14. The van der Waals surface area contributed by atoms with Gasteiger partial charge in [-0.2, -0.15) is 0 Å². The fourth-order valence-electron chi connectivity index (χ4n) is 2.01. The van der Waals surface area contributed by atoms with Crippen LogP contribution in [0.5, 0.6) is 0 Å². The maximum atomic E-state index is 11.8. The van der Waals surface area contributed by atoms with Crippen molar-refractivity contribution in [1.82, 2.24) is 5.32 Å². The van der Waals surface area contributed by atoms with E-state index >= 15 is 0 Å². The molecule has 0 radical (unpaired) electrons. The Morgan fingerprint density at radius 3 is 2.43 bits per heavy atom. The van der Waals surface area contributed by atoms with Gasteiger partial charge in [0.05, 0.1) is 0 Å². The second-order valence-corrected chi connectivity index (χ2v) is 5.37. The molecule has 0 aliphatic rings. The molecule has 1 atom stereocenters. The van der Waals surface area contributed by atoms with Crippen LogP contribution in [0.2, 0.25) is 5.02 Å². The minimum absolute atomic E-state index is 0.0795. The van der Waals surface area contributed by atoms with Gasteiger partial charge in [-0.25, -0.2) is 9.59 Å². The number of carbonyl (C=O) groups is 2. The number of benzene rings is 2. The van der Waals surface area contributed by atoms with E-state index in [2.05, 4.69) is 5.32 Å². The average Bonchev–Trinajstić information content (AvgIpc) is 2.53. The van der Waals surface area contributed by atoms with Crippen molar-refractivity contribution in [3.8, 4) is 0 Å². The summed E-state index contributed by atoms with van der Waals surface area (Å²) in [5.41, 5.74) is 1.54. The standard InChI is InChI=1S/C17H16ClNO4/c18-14-8-4-7-13(9-14)10-15(16(20)21)19-17(22)23-11-12-5-2-1-3-6-12/h1-9,15H,10-11H2,(H,19,22)(H,20,21)/t15-/m1/s1. The minimum Gasteiger partial charge on any atom is -0.480 e. The van der Waals surface area contributed by atoms with Gasteiger partial charge in [-0.3, -0.25) is 0 Å². The predicted molar refractivity (Wildman–Crippen MR) is 86.3 cm³/mol. The van der Waals surface area contributed by atoms with Crippen LogP contribution in [0.25, 0.3) is 0 Å². The number of aliphatic carboxylic acids is 1. The van der Waals surface area contributed by atoms with E-state index in [-0.39, 0.29) is 13.0 Å². The summed E-state index contributed by atoms with van der Waals surface area (Å²) in [4.78, 5) is 23.1. The first-order valence-electron chi connectivity index (χ1n) is 6.99. The molecule has 2 aromatic carbocycles. The molecule has 0 aromatic heterocycles. The molecule has 0 unspecified atom stereocenters. The number of hydrogen-bond acceptors (Lipinski definition) is 3. The second-order valence-electron chi connectivity index (χ2n) is 4.93. The smallest absolute Gasteiger partial charge is 0.408 e. The van der Waals surface area contributed by atoms with E-state index in [0.717, 1.165) is 5.56 Å². The first kappa shape index (κ1) is 16.8. The van der Waals surface area contributed by atoms with E-state index in [9.17, 15) is 14.7 Å². The number of carbonyl (C=O) groups excluding carboxylic acids is 1. The summed E-state index contributed by atoms with van der Waals surface area (Å²) in [6.45, 7) is 0.0795. The maximum absolute atomic E-state index is 11.8. The Morgan fingerprint density at radius 2 is 1.78 bits per heavy atom. The Hall–Kier alpha value is -2.53. The third-order valence-electron chi connectivity index (χ3n) is 3.13. The van der Waals surface area contributed by atoms with Crippen LogP contribution in [0.1, 0.15) is 11.1 Å². The molecule has 0 aliphatic carbocycles. The van der Waals surface area contributed by atoms with Crippen LogP contribution in [0.15, 0.2) is 54.6 Å². The van der Waals surface area contributed by atoms with Gasteiger partial charge in [0.15, 0.2) is 0 Å². The molecule has 5 nitrogen and oxygen atoms in total. The molecule has 2 rings (SSSR count). The Bertz CT molecular complexity index is 675. The molecule has 6 heteroatoms. The molecule has 120 valence electrons. The zero-order valence-electron chi connectivity index (χ0n) is 12.2. The molecule has 0 saturated heterocycles. The van der Waals surface area contributed by atoms with Gasteiger partial charge in [-0.05, 0) is 23.3 Å². The number of carboxylic acid groups (broad SMARTS) is 1. The molecule has 2 N–H and O–H groups in total. The van der Waals surface area contributed by atoms with Crippen LogP contribution in [-0.4, -0.2) is 23.2 Å². The first-order chi connectivity index (χ1) is 11.0. The summed E-state index contributed by atoms with van der Waals surface area (Å²) in [6, 6.07) is 14.9.